The zero-order chi connectivity index (χ0) is 12.8. The molecule has 0 saturated heterocycles. The van der Waals surface area contributed by atoms with Crippen molar-refractivity contribution in [1.82, 2.24) is 10.6 Å². The third-order valence-electron chi connectivity index (χ3n) is 3.22. The summed E-state index contributed by atoms with van der Waals surface area (Å²) >= 11 is 0. The molecule has 1 fully saturated rings. The third kappa shape index (κ3) is 5.17. The highest BCUT2D eigenvalue weighted by Gasteiger charge is 2.22. The van der Waals surface area contributed by atoms with E-state index in [-0.39, 0.29) is 5.91 Å². The Balaban J connectivity index is 2.35. The molecule has 3 atom stereocenters. The van der Waals surface area contributed by atoms with E-state index in [1.807, 2.05) is 0 Å². The molecule has 1 saturated carbocycles. The number of rotatable bonds is 5. The van der Waals surface area contributed by atoms with Gasteiger partial charge in [-0.15, -0.1) is 0 Å². The third-order valence-corrected chi connectivity index (χ3v) is 3.22. The van der Waals surface area contributed by atoms with E-state index in [4.69, 9.17) is 5.11 Å². The molecule has 5 nitrogen and oxygen atoms in total. The van der Waals surface area contributed by atoms with Crippen LogP contribution >= 0.6 is 0 Å². The van der Waals surface area contributed by atoms with Crippen LogP contribution in [0.2, 0.25) is 0 Å². The first-order valence-corrected chi connectivity index (χ1v) is 6.22. The first-order chi connectivity index (χ1) is 7.99. The van der Waals surface area contributed by atoms with Crippen LogP contribution in [0.4, 0.5) is 0 Å². The summed E-state index contributed by atoms with van der Waals surface area (Å²) in [7, 11) is 0. The summed E-state index contributed by atoms with van der Waals surface area (Å²) in [5.74, 6) is -0.599. The van der Waals surface area contributed by atoms with E-state index in [2.05, 4.69) is 17.6 Å². The second-order valence-corrected chi connectivity index (χ2v) is 4.97. The van der Waals surface area contributed by atoms with E-state index >= 15 is 0 Å². The molecular formula is C12H22N2O3. The van der Waals surface area contributed by atoms with Gasteiger partial charge in [0.2, 0.25) is 5.91 Å². The van der Waals surface area contributed by atoms with Crippen molar-refractivity contribution in [1.29, 1.82) is 0 Å². The predicted molar refractivity (Wildman–Crippen MR) is 64.7 cm³/mol. The number of carboxylic acids is 1. The van der Waals surface area contributed by atoms with Crippen molar-refractivity contribution < 1.29 is 14.7 Å². The lowest BCUT2D eigenvalue weighted by Gasteiger charge is -2.28. The molecule has 5 heteroatoms. The summed E-state index contributed by atoms with van der Waals surface area (Å²) in [4.78, 5) is 21.8. The van der Waals surface area contributed by atoms with E-state index < -0.39 is 12.0 Å². The summed E-state index contributed by atoms with van der Waals surface area (Å²) in [5, 5.41) is 14.6. The average molecular weight is 242 g/mol. The standard InChI is InChI=1S/C12H22N2O3/c1-8-4-3-5-10(6-8)13-7-11(12(16)17)14-9(2)15/h8,10-11,13H,3-7H2,1-2H3,(H,14,15)(H,16,17). The Labute approximate surface area is 102 Å². The number of carboxylic acid groups (broad SMARTS) is 1. The summed E-state index contributed by atoms with van der Waals surface area (Å²) in [6.45, 7) is 3.85. The number of nitrogens with one attached hydrogen (secondary N) is 2. The van der Waals surface area contributed by atoms with Crippen molar-refractivity contribution >= 4 is 11.9 Å². The SMILES string of the molecule is CC(=O)NC(CNC1CCCC(C)C1)C(=O)O. The topological polar surface area (TPSA) is 78.4 Å². The quantitative estimate of drug-likeness (QED) is 0.664. The first-order valence-electron chi connectivity index (χ1n) is 6.22. The zero-order valence-electron chi connectivity index (χ0n) is 10.5. The Bertz CT molecular complexity index is 281. The van der Waals surface area contributed by atoms with Crippen LogP contribution in [0.15, 0.2) is 0 Å². The predicted octanol–water partition coefficient (Wildman–Crippen LogP) is 0.744. The minimum absolute atomic E-state index is 0.298. The highest BCUT2D eigenvalue weighted by atomic mass is 16.4. The van der Waals surface area contributed by atoms with Gasteiger partial charge in [-0.25, -0.2) is 4.79 Å². The molecule has 0 spiro atoms. The van der Waals surface area contributed by atoms with Gasteiger partial charge in [0, 0.05) is 19.5 Å². The molecule has 3 N–H and O–H groups in total. The fraction of sp³-hybridized carbons (Fsp3) is 0.833. The Morgan fingerprint density at radius 2 is 2.12 bits per heavy atom. The number of hydrogen-bond acceptors (Lipinski definition) is 3. The molecule has 0 heterocycles. The summed E-state index contributed by atoms with van der Waals surface area (Å²) in [5.41, 5.74) is 0. The molecule has 0 aromatic heterocycles. The molecule has 1 amide bonds. The smallest absolute Gasteiger partial charge is 0.327 e. The number of carbonyl (C=O) groups excluding carboxylic acids is 1. The molecule has 1 aliphatic rings. The van der Waals surface area contributed by atoms with Gasteiger partial charge in [0.05, 0.1) is 0 Å². The van der Waals surface area contributed by atoms with Crippen molar-refractivity contribution in [3.05, 3.63) is 0 Å². The van der Waals surface area contributed by atoms with Crippen LogP contribution in [0.3, 0.4) is 0 Å². The molecule has 0 aliphatic heterocycles. The Morgan fingerprint density at radius 1 is 1.41 bits per heavy atom. The van der Waals surface area contributed by atoms with E-state index in [0.29, 0.717) is 18.5 Å². The van der Waals surface area contributed by atoms with Crippen LogP contribution in [0.25, 0.3) is 0 Å². The largest absolute Gasteiger partial charge is 0.480 e. The molecule has 98 valence electrons. The summed E-state index contributed by atoms with van der Waals surface area (Å²) in [6.07, 6.45) is 4.63. The van der Waals surface area contributed by atoms with Crippen molar-refractivity contribution in [2.45, 2.75) is 51.6 Å². The van der Waals surface area contributed by atoms with Crippen molar-refractivity contribution in [2.75, 3.05) is 6.54 Å². The van der Waals surface area contributed by atoms with Gasteiger partial charge in [0.1, 0.15) is 6.04 Å². The normalized spacial score (nSPS) is 26.2. The van der Waals surface area contributed by atoms with Gasteiger partial charge in [-0.05, 0) is 18.8 Å². The van der Waals surface area contributed by atoms with Crippen LogP contribution in [0.1, 0.15) is 39.5 Å². The van der Waals surface area contributed by atoms with Crippen LogP contribution < -0.4 is 10.6 Å². The van der Waals surface area contributed by atoms with Crippen molar-refractivity contribution in [3.63, 3.8) is 0 Å². The molecule has 1 aliphatic carbocycles. The molecule has 0 aromatic carbocycles. The lowest BCUT2D eigenvalue weighted by molar-refractivity contribution is -0.141. The highest BCUT2D eigenvalue weighted by Crippen LogP contribution is 2.23. The van der Waals surface area contributed by atoms with Crippen LogP contribution in [0, 0.1) is 5.92 Å². The van der Waals surface area contributed by atoms with Crippen LogP contribution in [0.5, 0.6) is 0 Å². The molecule has 0 radical (unpaired) electrons. The number of carbonyl (C=O) groups is 2. The van der Waals surface area contributed by atoms with Crippen molar-refractivity contribution in [3.8, 4) is 0 Å². The molecule has 17 heavy (non-hydrogen) atoms. The van der Waals surface area contributed by atoms with Gasteiger partial charge in [-0.3, -0.25) is 4.79 Å². The molecule has 1 rings (SSSR count). The fourth-order valence-electron chi connectivity index (χ4n) is 2.35. The van der Waals surface area contributed by atoms with Gasteiger partial charge in [0.25, 0.3) is 0 Å². The lowest BCUT2D eigenvalue weighted by Crippen LogP contribution is -2.49. The maximum Gasteiger partial charge on any atom is 0.327 e. The van der Waals surface area contributed by atoms with E-state index in [1.54, 1.807) is 0 Å². The molecular weight excluding hydrogens is 220 g/mol. The second-order valence-electron chi connectivity index (χ2n) is 4.97. The van der Waals surface area contributed by atoms with Gasteiger partial charge in [-0.1, -0.05) is 19.8 Å². The number of hydrogen-bond donors (Lipinski definition) is 3. The van der Waals surface area contributed by atoms with Gasteiger partial charge >= 0.3 is 5.97 Å². The van der Waals surface area contributed by atoms with Gasteiger partial charge < -0.3 is 15.7 Å². The molecule has 0 aromatic rings. The maximum atomic E-state index is 10.9. The zero-order valence-corrected chi connectivity index (χ0v) is 10.5. The second kappa shape index (κ2) is 6.59. The van der Waals surface area contributed by atoms with E-state index in [9.17, 15) is 9.59 Å². The number of aliphatic carboxylic acids is 1. The number of amides is 1. The van der Waals surface area contributed by atoms with Gasteiger partial charge in [0.15, 0.2) is 0 Å². The summed E-state index contributed by atoms with van der Waals surface area (Å²) in [6, 6.07) is -0.445. The Hall–Kier alpha value is -1.10. The Kier molecular flexibility index (Phi) is 5.41. The average Bonchev–Trinajstić information content (AvgIpc) is 2.23. The monoisotopic (exact) mass is 242 g/mol. The molecule has 0 bridgehead atoms. The van der Waals surface area contributed by atoms with Gasteiger partial charge in [-0.2, -0.15) is 0 Å². The van der Waals surface area contributed by atoms with Crippen LogP contribution in [-0.4, -0.2) is 35.6 Å². The summed E-state index contributed by atoms with van der Waals surface area (Å²) < 4.78 is 0. The van der Waals surface area contributed by atoms with E-state index in [0.717, 1.165) is 12.8 Å². The fourth-order valence-corrected chi connectivity index (χ4v) is 2.35. The van der Waals surface area contributed by atoms with Crippen LogP contribution in [-0.2, 0) is 9.59 Å². The lowest BCUT2D eigenvalue weighted by atomic mass is 9.87. The highest BCUT2D eigenvalue weighted by molar-refractivity contribution is 5.82. The van der Waals surface area contributed by atoms with Crippen molar-refractivity contribution in [2.24, 2.45) is 5.92 Å². The molecule has 3 unspecified atom stereocenters. The minimum Gasteiger partial charge on any atom is -0.480 e. The first kappa shape index (κ1) is 14.0. The Morgan fingerprint density at radius 3 is 2.65 bits per heavy atom. The maximum absolute atomic E-state index is 10.9. The minimum atomic E-state index is -0.989. The van der Waals surface area contributed by atoms with E-state index in [1.165, 1.54) is 19.8 Å².